The minimum atomic E-state index is 0.380. The average Bonchev–Trinajstić information content (AvgIpc) is 2.14. The lowest BCUT2D eigenvalue weighted by molar-refractivity contribution is -0.123. The SMILES string of the molecule is CCC[C@@H]1CC(=O)N([SiH3])C1. The van der Waals surface area contributed by atoms with Gasteiger partial charge in [-0.25, -0.2) is 0 Å². The maximum atomic E-state index is 11.0. The van der Waals surface area contributed by atoms with E-state index < -0.39 is 0 Å². The van der Waals surface area contributed by atoms with Gasteiger partial charge in [0.25, 0.3) is 0 Å². The molecule has 0 bridgehead atoms. The number of carbonyl (C=O) groups is 1. The van der Waals surface area contributed by atoms with Gasteiger partial charge in [-0.1, -0.05) is 13.3 Å². The number of hydrogen-bond donors (Lipinski definition) is 0. The maximum absolute atomic E-state index is 11.0. The zero-order valence-electron chi connectivity index (χ0n) is 6.76. The van der Waals surface area contributed by atoms with Crippen LogP contribution in [-0.2, 0) is 4.79 Å². The van der Waals surface area contributed by atoms with Gasteiger partial charge in [0.05, 0.1) is 0 Å². The molecule has 1 aliphatic rings. The van der Waals surface area contributed by atoms with Crippen molar-refractivity contribution in [1.29, 1.82) is 0 Å². The third kappa shape index (κ3) is 1.59. The van der Waals surface area contributed by atoms with Crippen molar-refractivity contribution in [2.75, 3.05) is 6.54 Å². The summed E-state index contributed by atoms with van der Waals surface area (Å²) in [4.78, 5) is 11.0. The van der Waals surface area contributed by atoms with E-state index >= 15 is 0 Å². The molecule has 0 aromatic rings. The highest BCUT2D eigenvalue weighted by atomic mass is 28.2. The van der Waals surface area contributed by atoms with Gasteiger partial charge in [-0.3, -0.25) is 4.79 Å². The third-order valence-electron chi connectivity index (χ3n) is 2.12. The quantitative estimate of drug-likeness (QED) is 0.513. The fourth-order valence-electron chi connectivity index (χ4n) is 1.56. The lowest BCUT2D eigenvalue weighted by Gasteiger charge is -2.08. The van der Waals surface area contributed by atoms with Gasteiger partial charge in [0.2, 0.25) is 5.91 Å². The molecule has 0 N–H and O–H groups in total. The average molecular weight is 157 g/mol. The van der Waals surface area contributed by atoms with Crippen molar-refractivity contribution in [3.63, 3.8) is 0 Å². The van der Waals surface area contributed by atoms with Crippen LogP contribution in [0.4, 0.5) is 0 Å². The number of rotatable bonds is 2. The second kappa shape index (κ2) is 3.19. The molecule has 0 saturated carbocycles. The Balaban J connectivity index is 2.34. The zero-order valence-corrected chi connectivity index (χ0v) is 8.76. The van der Waals surface area contributed by atoms with Crippen LogP contribution in [0.2, 0.25) is 0 Å². The van der Waals surface area contributed by atoms with Crippen molar-refractivity contribution >= 4 is 16.3 Å². The summed E-state index contributed by atoms with van der Waals surface area (Å²) in [7, 11) is 0.916. The van der Waals surface area contributed by atoms with E-state index in [4.69, 9.17) is 0 Å². The van der Waals surface area contributed by atoms with Crippen molar-refractivity contribution in [3.8, 4) is 0 Å². The molecule has 1 amide bonds. The molecule has 3 heteroatoms. The molecule has 1 fully saturated rings. The van der Waals surface area contributed by atoms with Crippen LogP contribution in [0.5, 0.6) is 0 Å². The zero-order chi connectivity index (χ0) is 7.56. The molecule has 0 radical (unpaired) electrons. The molecule has 1 atom stereocenters. The minimum absolute atomic E-state index is 0.380. The molecule has 1 heterocycles. The Bertz CT molecular complexity index is 138. The Labute approximate surface area is 65.1 Å². The van der Waals surface area contributed by atoms with Gasteiger partial charge >= 0.3 is 0 Å². The molecule has 0 aliphatic carbocycles. The first-order valence-electron chi connectivity index (χ1n) is 3.98. The molecule has 2 nitrogen and oxygen atoms in total. The summed E-state index contributed by atoms with van der Waals surface area (Å²) in [6.45, 7) is 3.22. The van der Waals surface area contributed by atoms with Crippen LogP contribution < -0.4 is 0 Å². The third-order valence-corrected chi connectivity index (χ3v) is 2.98. The molecule has 0 aromatic heterocycles. The van der Waals surface area contributed by atoms with Crippen LogP contribution in [0.1, 0.15) is 26.2 Å². The number of amides is 1. The number of nitrogens with zero attached hydrogens (tertiary/aromatic N) is 1. The molecule has 1 aliphatic heterocycles. The van der Waals surface area contributed by atoms with Gasteiger partial charge in [-0.15, -0.1) is 0 Å². The molecule has 1 rings (SSSR count). The van der Waals surface area contributed by atoms with E-state index in [2.05, 4.69) is 6.92 Å². The monoisotopic (exact) mass is 157 g/mol. The highest BCUT2D eigenvalue weighted by Gasteiger charge is 2.24. The molecule has 0 aromatic carbocycles. The summed E-state index contributed by atoms with van der Waals surface area (Å²) in [6.07, 6.45) is 3.26. The van der Waals surface area contributed by atoms with E-state index in [0.717, 1.165) is 23.4 Å². The summed E-state index contributed by atoms with van der Waals surface area (Å²) < 4.78 is 1.97. The lowest BCUT2D eigenvalue weighted by Crippen LogP contribution is -2.20. The summed E-state index contributed by atoms with van der Waals surface area (Å²) in [5.74, 6) is 1.06. The van der Waals surface area contributed by atoms with Gasteiger partial charge < -0.3 is 4.57 Å². The molecule has 58 valence electrons. The van der Waals surface area contributed by atoms with Gasteiger partial charge in [0.15, 0.2) is 0 Å². The van der Waals surface area contributed by atoms with Crippen LogP contribution >= 0.6 is 0 Å². The summed E-state index contributed by atoms with van der Waals surface area (Å²) in [5, 5.41) is 0. The Morgan fingerprint density at radius 3 is 2.90 bits per heavy atom. The second-order valence-corrected chi connectivity index (χ2v) is 4.21. The Hall–Kier alpha value is -0.313. The molecule has 10 heavy (non-hydrogen) atoms. The van der Waals surface area contributed by atoms with Crippen LogP contribution in [0.15, 0.2) is 0 Å². The van der Waals surface area contributed by atoms with E-state index in [9.17, 15) is 4.79 Å². The fourth-order valence-corrected chi connectivity index (χ4v) is 2.26. The molecular weight excluding hydrogens is 142 g/mol. The van der Waals surface area contributed by atoms with Crippen LogP contribution in [-0.4, -0.2) is 27.4 Å². The Kier molecular flexibility index (Phi) is 2.48. The number of carbonyl (C=O) groups excluding carboxylic acids is 1. The van der Waals surface area contributed by atoms with E-state index in [1.54, 1.807) is 0 Å². The first-order valence-corrected chi connectivity index (χ1v) is 4.87. The molecule has 0 unspecified atom stereocenters. The molecular formula is C7H15NOSi. The van der Waals surface area contributed by atoms with Crippen molar-refractivity contribution in [2.45, 2.75) is 26.2 Å². The van der Waals surface area contributed by atoms with Gasteiger partial charge in [-0.2, -0.15) is 0 Å². The normalized spacial score (nSPS) is 26.3. The van der Waals surface area contributed by atoms with Crippen molar-refractivity contribution in [3.05, 3.63) is 0 Å². The summed E-state index contributed by atoms with van der Waals surface area (Å²) in [6, 6.07) is 0. The lowest BCUT2D eigenvalue weighted by atomic mass is 10.0. The Morgan fingerprint density at radius 1 is 1.80 bits per heavy atom. The predicted octanol–water partition coefficient (Wildman–Crippen LogP) is -0.0846. The van der Waals surface area contributed by atoms with Crippen LogP contribution in [0.3, 0.4) is 0 Å². The maximum Gasteiger partial charge on any atom is 0.214 e. The van der Waals surface area contributed by atoms with E-state index in [1.165, 1.54) is 12.8 Å². The van der Waals surface area contributed by atoms with E-state index in [0.29, 0.717) is 11.8 Å². The van der Waals surface area contributed by atoms with Crippen LogP contribution in [0.25, 0.3) is 0 Å². The van der Waals surface area contributed by atoms with Gasteiger partial charge in [0, 0.05) is 13.0 Å². The highest BCUT2D eigenvalue weighted by molar-refractivity contribution is 6.14. The van der Waals surface area contributed by atoms with Crippen LogP contribution in [0, 0.1) is 5.92 Å². The predicted molar refractivity (Wildman–Crippen MR) is 44.7 cm³/mol. The van der Waals surface area contributed by atoms with Crippen molar-refractivity contribution in [1.82, 2.24) is 4.57 Å². The van der Waals surface area contributed by atoms with Gasteiger partial charge in [0.1, 0.15) is 10.4 Å². The first kappa shape index (κ1) is 7.79. The Morgan fingerprint density at radius 2 is 2.50 bits per heavy atom. The first-order chi connectivity index (χ1) is 4.74. The summed E-state index contributed by atoms with van der Waals surface area (Å²) in [5.41, 5.74) is 0. The smallest absolute Gasteiger partial charge is 0.214 e. The minimum Gasteiger partial charge on any atom is -0.378 e. The standard InChI is InChI=1S/C7H15NOSi/c1-2-3-6-4-7(9)8(10)5-6/h6H,2-5H2,1,10H3/t6-/m1/s1. The fraction of sp³-hybridized carbons (Fsp3) is 0.857. The highest BCUT2D eigenvalue weighted by Crippen LogP contribution is 2.19. The van der Waals surface area contributed by atoms with E-state index in [1.807, 2.05) is 4.57 Å². The summed E-state index contributed by atoms with van der Waals surface area (Å²) >= 11 is 0. The second-order valence-electron chi connectivity index (χ2n) is 3.13. The van der Waals surface area contributed by atoms with Gasteiger partial charge in [-0.05, 0) is 12.3 Å². The van der Waals surface area contributed by atoms with E-state index in [-0.39, 0.29) is 0 Å². The number of hydrogen-bond acceptors (Lipinski definition) is 1. The largest absolute Gasteiger partial charge is 0.378 e. The van der Waals surface area contributed by atoms with Crippen molar-refractivity contribution in [2.24, 2.45) is 5.92 Å². The van der Waals surface area contributed by atoms with Crippen molar-refractivity contribution < 1.29 is 4.79 Å². The topological polar surface area (TPSA) is 20.3 Å². The molecule has 0 spiro atoms. The molecule has 1 saturated heterocycles.